The standard InChI is InChI=1S/C16H17N3O/c1-10-4-3-5-12(6-10)18-16-17-9-13-14(19-16)7-11(2)8-15(13)20/h3-6,9,11H,7-8H2,1-2H3,(H,17,18,19)/t11-/m0/s1. The molecule has 20 heavy (non-hydrogen) atoms. The molecule has 1 aromatic carbocycles. The lowest BCUT2D eigenvalue weighted by atomic mass is 9.88. The Morgan fingerprint density at radius 3 is 2.95 bits per heavy atom. The number of aryl methyl sites for hydroxylation is 1. The second-order valence-corrected chi connectivity index (χ2v) is 5.49. The third-order valence-corrected chi connectivity index (χ3v) is 3.52. The SMILES string of the molecule is Cc1cccc(Nc2ncc3c(n2)C[C@H](C)CC3=O)c1. The van der Waals surface area contributed by atoms with Gasteiger partial charge in [-0.2, -0.15) is 0 Å². The summed E-state index contributed by atoms with van der Waals surface area (Å²) in [6, 6.07) is 8.04. The normalized spacial score (nSPS) is 17.7. The molecule has 0 saturated heterocycles. The van der Waals surface area contributed by atoms with Crippen LogP contribution in [-0.4, -0.2) is 15.8 Å². The van der Waals surface area contributed by atoms with Crippen LogP contribution in [0.15, 0.2) is 30.5 Å². The number of carbonyl (C=O) groups excluding carboxylic acids is 1. The number of fused-ring (bicyclic) bond motifs is 1. The van der Waals surface area contributed by atoms with Crippen molar-refractivity contribution < 1.29 is 4.79 Å². The molecular formula is C16H17N3O. The lowest BCUT2D eigenvalue weighted by molar-refractivity contribution is 0.0951. The van der Waals surface area contributed by atoms with Crippen molar-refractivity contribution in [3.05, 3.63) is 47.3 Å². The summed E-state index contributed by atoms with van der Waals surface area (Å²) in [6.45, 7) is 4.12. The molecule has 0 spiro atoms. The Balaban J connectivity index is 1.89. The van der Waals surface area contributed by atoms with Crippen molar-refractivity contribution in [1.82, 2.24) is 9.97 Å². The van der Waals surface area contributed by atoms with Crippen molar-refractivity contribution in [2.24, 2.45) is 5.92 Å². The number of hydrogen-bond donors (Lipinski definition) is 1. The van der Waals surface area contributed by atoms with Gasteiger partial charge in [0.25, 0.3) is 0 Å². The molecule has 4 nitrogen and oxygen atoms in total. The van der Waals surface area contributed by atoms with E-state index in [1.807, 2.05) is 31.2 Å². The molecule has 0 fully saturated rings. The molecule has 1 N–H and O–H groups in total. The van der Waals surface area contributed by atoms with Gasteiger partial charge in [0.1, 0.15) is 0 Å². The average molecular weight is 267 g/mol. The predicted molar refractivity (Wildman–Crippen MR) is 78.3 cm³/mol. The highest BCUT2D eigenvalue weighted by molar-refractivity contribution is 5.98. The highest BCUT2D eigenvalue weighted by Crippen LogP contribution is 2.24. The monoisotopic (exact) mass is 267 g/mol. The number of nitrogens with one attached hydrogen (secondary N) is 1. The average Bonchev–Trinajstić information content (AvgIpc) is 2.38. The summed E-state index contributed by atoms with van der Waals surface area (Å²) >= 11 is 0. The van der Waals surface area contributed by atoms with Crippen molar-refractivity contribution in [1.29, 1.82) is 0 Å². The van der Waals surface area contributed by atoms with E-state index in [0.717, 1.165) is 17.8 Å². The highest BCUT2D eigenvalue weighted by atomic mass is 16.1. The first-order chi connectivity index (χ1) is 9.61. The van der Waals surface area contributed by atoms with E-state index < -0.39 is 0 Å². The van der Waals surface area contributed by atoms with Crippen LogP contribution in [-0.2, 0) is 6.42 Å². The van der Waals surface area contributed by atoms with Gasteiger partial charge in [0.15, 0.2) is 5.78 Å². The number of nitrogens with zero attached hydrogens (tertiary/aromatic N) is 2. The fraction of sp³-hybridized carbons (Fsp3) is 0.312. The van der Waals surface area contributed by atoms with Crippen molar-refractivity contribution in [2.45, 2.75) is 26.7 Å². The Morgan fingerprint density at radius 2 is 2.15 bits per heavy atom. The summed E-state index contributed by atoms with van der Waals surface area (Å²) in [5.74, 6) is 1.06. The van der Waals surface area contributed by atoms with Crippen LogP contribution in [0.1, 0.15) is 35.0 Å². The maximum atomic E-state index is 11.9. The smallest absolute Gasteiger partial charge is 0.227 e. The zero-order valence-corrected chi connectivity index (χ0v) is 11.7. The third kappa shape index (κ3) is 2.54. The Kier molecular flexibility index (Phi) is 3.22. The zero-order chi connectivity index (χ0) is 14.1. The Hall–Kier alpha value is -2.23. The molecule has 1 aliphatic rings. The number of carbonyl (C=O) groups is 1. The van der Waals surface area contributed by atoms with Gasteiger partial charge in [-0.05, 0) is 37.0 Å². The van der Waals surface area contributed by atoms with Crippen LogP contribution in [0.25, 0.3) is 0 Å². The molecule has 1 atom stereocenters. The third-order valence-electron chi connectivity index (χ3n) is 3.52. The molecule has 0 radical (unpaired) electrons. The second kappa shape index (κ2) is 5.04. The molecule has 1 aliphatic carbocycles. The minimum atomic E-state index is 0.154. The van der Waals surface area contributed by atoms with Crippen molar-refractivity contribution in [3.8, 4) is 0 Å². The Bertz CT molecular complexity index is 667. The molecule has 0 amide bonds. The summed E-state index contributed by atoms with van der Waals surface area (Å²) in [5, 5.41) is 3.19. The van der Waals surface area contributed by atoms with E-state index in [0.29, 0.717) is 23.9 Å². The molecule has 0 saturated carbocycles. The van der Waals surface area contributed by atoms with Crippen molar-refractivity contribution in [2.75, 3.05) is 5.32 Å². The van der Waals surface area contributed by atoms with Gasteiger partial charge in [-0.25, -0.2) is 9.97 Å². The molecule has 1 heterocycles. The second-order valence-electron chi connectivity index (χ2n) is 5.49. The van der Waals surface area contributed by atoms with Gasteiger partial charge in [-0.3, -0.25) is 4.79 Å². The lowest BCUT2D eigenvalue weighted by Gasteiger charge is -2.19. The highest BCUT2D eigenvalue weighted by Gasteiger charge is 2.24. The van der Waals surface area contributed by atoms with Crippen LogP contribution < -0.4 is 5.32 Å². The topological polar surface area (TPSA) is 54.9 Å². The molecule has 0 bridgehead atoms. The van der Waals surface area contributed by atoms with Crippen LogP contribution in [0.3, 0.4) is 0 Å². The van der Waals surface area contributed by atoms with E-state index in [-0.39, 0.29) is 5.78 Å². The maximum Gasteiger partial charge on any atom is 0.227 e. The van der Waals surface area contributed by atoms with Crippen LogP contribution in [0.4, 0.5) is 11.6 Å². The van der Waals surface area contributed by atoms with E-state index in [4.69, 9.17) is 0 Å². The van der Waals surface area contributed by atoms with Crippen LogP contribution in [0.5, 0.6) is 0 Å². The minimum Gasteiger partial charge on any atom is -0.324 e. The van der Waals surface area contributed by atoms with Gasteiger partial charge in [-0.1, -0.05) is 19.1 Å². The first-order valence-corrected chi connectivity index (χ1v) is 6.84. The van der Waals surface area contributed by atoms with Gasteiger partial charge in [0.2, 0.25) is 5.95 Å². The predicted octanol–water partition coefficient (Wildman–Crippen LogP) is 3.29. The van der Waals surface area contributed by atoms with Crippen LogP contribution in [0.2, 0.25) is 0 Å². The van der Waals surface area contributed by atoms with E-state index in [9.17, 15) is 4.79 Å². The number of ketones is 1. The summed E-state index contributed by atoms with van der Waals surface area (Å²) in [5.41, 5.74) is 3.67. The first-order valence-electron chi connectivity index (χ1n) is 6.84. The Morgan fingerprint density at radius 1 is 1.30 bits per heavy atom. The fourth-order valence-corrected chi connectivity index (χ4v) is 2.55. The maximum absolute atomic E-state index is 11.9. The largest absolute Gasteiger partial charge is 0.324 e. The van der Waals surface area contributed by atoms with E-state index >= 15 is 0 Å². The summed E-state index contributed by atoms with van der Waals surface area (Å²) < 4.78 is 0. The molecule has 3 rings (SSSR count). The van der Waals surface area contributed by atoms with Gasteiger partial charge < -0.3 is 5.32 Å². The number of Topliss-reactive ketones (excluding diaryl/α,β-unsaturated/α-hetero) is 1. The summed E-state index contributed by atoms with van der Waals surface area (Å²) in [6.07, 6.45) is 3.09. The van der Waals surface area contributed by atoms with Gasteiger partial charge in [-0.15, -0.1) is 0 Å². The van der Waals surface area contributed by atoms with Crippen LogP contribution in [0, 0.1) is 12.8 Å². The molecule has 0 aliphatic heterocycles. The van der Waals surface area contributed by atoms with Crippen LogP contribution >= 0.6 is 0 Å². The van der Waals surface area contributed by atoms with E-state index in [1.165, 1.54) is 5.56 Å². The quantitative estimate of drug-likeness (QED) is 0.907. The zero-order valence-electron chi connectivity index (χ0n) is 11.7. The molecule has 1 aromatic heterocycles. The molecule has 102 valence electrons. The number of benzene rings is 1. The first kappa shape index (κ1) is 12.8. The summed E-state index contributed by atoms with van der Waals surface area (Å²) in [4.78, 5) is 20.7. The fourth-order valence-electron chi connectivity index (χ4n) is 2.55. The molecular weight excluding hydrogens is 250 g/mol. The minimum absolute atomic E-state index is 0.154. The van der Waals surface area contributed by atoms with Crippen molar-refractivity contribution >= 4 is 17.4 Å². The molecule has 4 heteroatoms. The van der Waals surface area contributed by atoms with Gasteiger partial charge in [0.05, 0.1) is 11.3 Å². The molecule has 2 aromatic rings. The number of hydrogen-bond acceptors (Lipinski definition) is 4. The molecule has 0 unspecified atom stereocenters. The number of rotatable bonds is 2. The number of aromatic nitrogens is 2. The lowest BCUT2D eigenvalue weighted by Crippen LogP contribution is -2.20. The Labute approximate surface area is 118 Å². The number of anilines is 2. The van der Waals surface area contributed by atoms with Crippen molar-refractivity contribution in [3.63, 3.8) is 0 Å². The summed E-state index contributed by atoms with van der Waals surface area (Å²) in [7, 11) is 0. The van der Waals surface area contributed by atoms with Gasteiger partial charge >= 0.3 is 0 Å². The van der Waals surface area contributed by atoms with Gasteiger partial charge in [0, 0.05) is 18.3 Å². The van der Waals surface area contributed by atoms with E-state index in [2.05, 4.69) is 22.2 Å². The van der Waals surface area contributed by atoms with E-state index in [1.54, 1.807) is 6.20 Å².